The Morgan fingerprint density at radius 2 is 2.14 bits per heavy atom. The molecule has 2 N–H and O–H groups in total. The summed E-state index contributed by atoms with van der Waals surface area (Å²) in [5, 5.41) is 5.03. The van der Waals surface area contributed by atoms with Crippen LogP contribution < -0.4 is 10.0 Å². The Morgan fingerprint density at radius 3 is 2.86 bits per heavy atom. The number of hydrogen-bond donors (Lipinski definition) is 2. The van der Waals surface area contributed by atoms with Crippen molar-refractivity contribution >= 4 is 27.0 Å². The summed E-state index contributed by atoms with van der Waals surface area (Å²) in [5.41, 5.74) is 1.35. The lowest BCUT2D eigenvalue weighted by Gasteiger charge is -2.10. The first-order valence-electron chi connectivity index (χ1n) is 6.75. The summed E-state index contributed by atoms with van der Waals surface area (Å²) in [4.78, 5) is 5.11. The van der Waals surface area contributed by atoms with Crippen LogP contribution in [0, 0.1) is 6.92 Å². The van der Waals surface area contributed by atoms with E-state index in [0.29, 0.717) is 17.1 Å². The van der Waals surface area contributed by atoms with Crippen LogP contribution in [-0.4, -0.2) is 19.9 Å². The Morgan fingerprint density at radius 1 is 1.33 bits per heavy atom. The van der Waals surface area contributed by atoms with Crippen LogP contribution in [0.1, 0.15) is 23.8 Å². The van der Waals surface area contributed by atoms with E-state index in [-0.39, 0.29) is 0 Å². The molecule has 0 amide bonds. The predicted molar refractivity (Wildman–Crippen MR) is 86.1 cm³/mol. The van der Waals surface area contributed by atoms with Gasteiger partial charge in [-0.1, -0.05) is 6.92 Å². The van der Waals surface area contributed by atoms with Crippen LogP contribution in [0.15, 0.2) is 34.8 Å². The topological polar surface area (TPSA) is 71.1 Å². The molecule has 7 heteroatoms. The van der Waals surface area contributed by atoms with Crippen molar-refractivity contribution in [3.8, 4) is 0 Å². The number of sulfonamides is 1. The van der Waals surface area contributed by atoms with Gasteiger partial charge in [0.1, 0.15) is 4.90 Å². The van der Waals surface area contributed by atoms with Crippen molar-refractivity contribution in [2.45, 2.75) is 31.7 Å². The molecule has 114 valence electrons. The third-order valence-electron chi connectivity index (χ3n) is 2.99. The minimum Gasteiger partial charge on any atom is -0.312 e. The number of aromatic nitrogens is 1. The van der Waals surface area contributed by atoms with Gasteiger partial charge in [-0.25, -0.2) is 8.42 Å². The van der Waals surface area contributed by atoms with Crippen molar-refractivity contribution in [2.24, 2.45) is 0 Å². The average molecular weight is 325 g/mol. The van der Waals surface area contributed by atoms with E-state index in [4.69, 9.17) is 0 Å². The monoisotopic (exact) mass is 325 g/mol. The van der Waals surface area contributed by atoms with Crippen molar-refractivity contribution in [2.75, 3.05) is 11.3 Å². The fraction of sp³-hybridized carbons (Fsp3) is 0.357. The van der Waals surface area contributed by atoms with Crippen LogP contribution >= 0.6 is 11.3 Å². The highest BCUT2D eigenvalue weighted by molar-refractivity contribution is 7.93. The fourth-order valence-corrected chi connectivity index (χ4v) is 4.38. The van der Waals surface area contributed by atoms with E-state index in [1.165, 1.54) is 17.5 Å². The average Bonchev–Trinajstić information content (AvgIpc) is 2.91. The van der Waals surface area contributed by atoms with Gasteiger partial charge in [0.25, 0.3) is 10.0 Å². The van der Waals surface area contributed by atoms with Gasteiger partial charge < -0.3 is 5.32 Å². The van der Waals surface area contributed by atoms with Gasteiger partial charge >= 0.3 is 0 Å². The zero-order valence-electron chi connectivity index (χ0n) is 12.1. The van der Waals surface area contributed by atoms with Gasteiger partial charge in [0, 0.05) is 17.6 Å². The second-order valence-corrected chi connectivity index (χ2v) is 7.33. The summed E-state index contributed by atoms with van der Waals surface area (Å²) in [5.74, 6) is 0. The zero-order valence-corrected chi connectivity index (χ0v) is 13.7. The molecule has 0 radical (unpaired) electrons. The molecule has 2 aromatic heterocycles. The second-order valence-electron chi connectivity index (χ2n) is 4.68. The first-order chi connectivity index (χ1) is 10.0. The highest BCUT2D eigenvalue weighted by atomic mass is 32.2. The highest BCUT2D eigenvalue weighted by Gasteiger charge is 2.20. The van der Waals surface area contributed by atoms with Crippen molar-refractivity contribution in [3.63, 3.8) is 0 Å². The molecule has 2 heterocycles. The van der Waals surface area contributed by atoms with E-state index < -0.39 is 10.0 Å². The van der Waals surface area contributed by atoms with Gasteiger partial charge in [0.15, 0.2) is 0 Å². The Hall–Kier alpha value is -1.44. The third-order valence-corrected chi connectivity index (χ3v) is 5.49. The van der Waals surface area contributed by atoms with Gasteiger partial charge in [-0.15, -0.1) is 11.3 Å². The highest BCUT2D eigenvalue weighted by Crippen LogP contribution is 2.25. The van der Waals surface area contributed by atoms with Crippen LogP contribution in [0.2, 0.25) is 0 Å². The molecule has 0 saturated carbocycles. The number of hydrogen-bond acceptors (Lipinski definition) is 5. The number of anilines is 1. The van der Waals surface area contributed by atoms with Crippen molar-refractivity contribution in [1.29, 1.82) is 0 Å². The quantitative estimate of drug-likeness (QED) is 0.768. The summed E-state index contributed by atoms with van der Waals surface area (Å²) < 4.78 is 27.6. The van der Waals surface area contributed by atoms with Crippen LogP contribution in [0.4, 0.5) is 5.69 Å². The van der Waals surface area contributed by atoms with Gasteiger partial charge in [-0.3, -0.25) is 9.71 Å². The third kappa shape index (κ3) is 4.03. The number of nitrogens with zero attached hydrogens (tertiary/aromatic N) is 1. The molecule has 0 aliphatic rings. The second kappa shape index (κ2) is 7.02. The van der Waals surface area contributed by atoms with Crippen LogP contribution in [0.25, 0.3) is 0 Å². The molecule has 5 nitrogen and oxygen atoms in total. The van der Waals surface area contributed by atoms with Crippen LogP contribution in [0.5, 0.6) is 0 Å². The number of aryl methyl sites for hydroxylation is 1. The summed E-state index contributed by atoms with van der Waals surface area (Å²) in [6, 6.07) is 3.41. The molecule has 2 aromatic rings. The maximum absolute atomic E-state index is 12.5. The Labute approximate surface area is 129 Å². The first-order valence-corrected chi connectivity index (χ1v) is 9.11. The number of nitrogens with one attached hydrogen (secondary N) is 2. The first kappa shape index (κ1) is 15.9. The minimum absolute atomic E-state index is 0.333. The molecule has 0 bridgehead atoms. The Balaban J connectivity index is 2.20. The Bertz CT molecular complexity index is 696. The van der Waals surface area contributed by atoms with E-state index in [1.807, 2.05) is 6.92 Å². The number of rotatable bonds is 7. The van der Waals surface area contributed by atoms with E-state index in [9.17, 15) is 8.42 Å². The molecule has 0 fully saturated rings. The number of thiophene rings is 1. The molecule has 2 rings (SSSR count). The summed E-state index contributed by atoms with van der Waals surface area (Å²) >= 11 is 1.44. The molecule has 0 unspecified atom stereocenters. The summed E-state index contributed by atoms with van der Waals surface area (Å²) in [6.45, 7) is 5.35. The molecule has 0 atom stereocenters. The van der Waals surface area contributed by atoms with E-state index in [1.54, 1.807) is 23.7 Å². The van der Waals surface area contributed by atoms with E-state index >= 15 is 0 Å². The van der Waals surface area contributed by atoms with E-state index in [0.717, 1.165) is 23.4 Å². The smallest absolute Gasteiger partial charge is 0.263 e. The van der Waals surface area contributed by atoms with Crippen LogP contribution in [0.3, 0.4) is 0 Å². The maximum atomic E-state index is 12.5. The molecule has 0 saturated heterocycles. The molecule has 21 heavy (non-hydrogen) atoms. The fourth-order valence-electron chi connectivity index (χ4n) is 1.85. The lowest BCUT2D eigenvalue weighted by atomic mass is 10.3. The van der Waals surface area contributed by atoms with Crippen molar-refractivity contribution in [3.05, 3.63) is 40.3 Å². The normalized spacial score (nSPS) is 11.5. The molecular formula is C14H19N3O2S2. The molecule has 0 aliphatic heterocycles. The largest absolute Gasteiger partial charge is 0.312 e. The van der Waals surface area contributed by atoms with Crippen LogP contribution in [-0.2, 0) is 16.6 Å². The SMILES string of the molecule is CCCNCc1sccc1S(=O)(=O)Nc1cnccc1C. The van der Waals surface area contributed by atoms with Crippen molar-refractivity contribution in [1.82, 2.24) is 10.3 Å². The zero-order chi connectivity index (χ0) is 15.3. The predicted octanol–water partition coefficient (Wildman–Crippen LogP) is 2.75. The van der Waals surface area contributed by atoms with Gasteiger partial charge in [0.2, 0.25) is 0 Å². The molecule has 0 aromatic carbocycles. The Kier molecular flexibility index (Phi) is 5.33. The lowest BCUT2D eigenvalue weighted by molar-refractivity contribution is 0.599. The van der Waals surface area contributed by atoms with Crippen molar-refractivity contribution < 1.29 is 8.42 Å². The van der Waals surface area contributed by atoms with Gasteiger partial charge in [0.05, 0.1) is 11.9 Å². The maximum Gasteiger partial charge on any atom is 0.263 e. The molecule has 0 aliphatic carbocycles. The molecular weight excluding hydrogens is 306 g/mol. The van der Waals surface area contributed by atoms with E-state index in [2.05, 4.69) is 21.9 Å². The summed E-state index contributed by atoms with van der Waals surface area (Å²) in [7, 11) is -3.58. The minimum atomic E-state index is -3.58. The van der Waals surface area contributed by atoms with Gasteiger partial charge in [-0.05, 0) is 43.0 Å². The number of pyridine rings is 1. The lowest BCUT2D eigenvalue weighted by Crippen LogP contribution is -2.18. The summed E-state index contributed by atoms with van der Waals surface area (Å²) in [6.07, 6.45) is 4.17. The van der Waals surface area contributed by atoms with Gasteiger partial charge in [-0.2, -0.15) is 0 Å². The standard InChI is InChI=1S/C14H19N3O2S2/c1-3-6-15-10-13-14(5-8-20-13)21(18,19)17-12-9-16-7-4-11(12)2/h4-5,7-9,15,17H,3,6,10H2,1-2H3. The molecule has 0 spiro atoms.